The van der Waals surface area contributed by atoms with E-state index in [2.05, 4.69) is 68.4 Å². The molecule has 1 heterocycles. The monoisotopic (exact) mass is 454 g/mol. The number of carbonyl (C=O) groups excluding carboxylic acids is 1. The lowest BCUT2D eigenvalue weighted by Crippen LogP contribution is -1.98. The minimum Gasteiger partial charge on any atom is -0.497 e. The van der Waals surface area contributed by atoms with Crippen LogP contribution in [-0.4, -0.2) is 12.9 Å². The van der Waals surface area contributed by atoms with Crippen molar-refractivity contribution in [3.05, 3.63) is 112 Å². The van der Waals surface area contributed by atoms with E-state index in [1.54, 1.807) is 18.4 Å². The first kappa shape index (κ1) is 23.0. The third-order valence-electron chi connectivity index (χ3n) is 5.89. The van der Waals surface area contributed by atoms with Crippen molar-refractivity contribution in [1.29, 1.82) is 0 Å². The summed E-state index contributed by atoms with van der Waals surface area (Å²) in [6.45, 7) is 4.46. The quantitative estimate of drug-likeness (QED) is 0.240. The summed E-state index contributed by atoms with van der Waals surface area (Å²) in [5, 5.41) is 0. The molecule has 0 fully saturated rings. The fourth-order valence-corrected chi connectivity index (χ4v) is 4.95. The molecule has 3 aromatic carbocycles. The number of ether oxygens (including phenoxy) is 1. The zero-order valence-electron chi connectivity index (χ0n) is 19.5. The average molecular weight is 455 g/mol. The van der Waals surface area contributed by atoms with E-state index >= 15 is 0 Å². The Morgan fingerprint density at radius 3 is 2.36 bits per heavy atom. The van der Waals surface area contributed by atoms with Crippen LogP contribution < -0.4 is 4.74 Å². The summed E-state index contributed by atoms with van der Waals surface area (Å²) < 4.78 is 5.28. The third kappa shape index (κ3) is 6.00. The third-order valence-corrected chi connectivity index (χ3v) is 7.07. The summed E-state index contributed by atoms with van der Waals surface area (Å²) in [6.07, 6.45) is 2.12. The Morgan fingerprint density at radius 2 is 1.58 bits per heavy atom. The second-order valence-corrected chi connectivity index (χ2v) is 9.80. The molecule has 4 rings (SSSR count). The largest absolute Gasteiger partial charge is 0.497 e. The van der Waals surface area contributed by atoms with Crippen LogP contribution in [0.15, 0.2) is 84.9 Å². The van der Waals surface area contributed by atoms with E-state index in [9.17, 15) is 4.79 Å². The van der Waals surface area contributed by atoms with E-state index in [1.165, 1.54) is 22.3 Å². The van der Waals surface area contributed by atoms with Crippen LogP contribution in [0.2, 0.25) is 0 Å². The van der Waals surface area contributed by atoms with Crippen molar-refractivity contribution in [3.63, 3.8) is 0 Å². The summed E-state index contributed by atoms with van der Waals surface area (Å²) in [7, 11) is 1.66. The van der Waals surface area contributed by atoms with Crippen LogP contribution in [0.1, 0.15) is 58.1 Å². The van der Waals surface area contributed by atoms with Crippen LogP contribution in [0.25, 0.3) is 10.4 Å². The van der Waals surface area contributed by atoms with Gasteiger partial charge >= 0.3 is 0 Å². The van der Waals surface area contributed by atoms with Crippen molar-refractivity contribution in [2.75, 3.05) is 7.11 Å². The van der Waals surface area contributed by atoms with Crippen molar-refractivity contribution in [3.8, 4) is 16.2 Å². The normalized spacial score (nSPS) is 11.0. The minimum atomic E-state index is 0.190. The molecule has 168 valence electrons. The molecule has 0 atom stereocenters. The lowest BCUT2D eigenvalue weighted by atomic mass is 9.97. The molecule has 33 heavy (non-hydrogen) atoms. The van der Waals surface area contributed by atoms with Gasteiger partial charge in [-0.15, -0.1) is 11.3 Å². The maximum absolute atomic E-state index is 12.8. The van der Waals surface area contributed by atoms with Crippen molar-refractivity contribution in [2.24, 2.45) is 0 Å². The van der Waals surface area contributed by atoms with Gasteiger partial charge in [-0.2, -0.15) is 0 Å². The highest BCUT2D eigenvalue weighted by Crippen LogP contribution is 2.30. The molecule has 2 nitrogen and oxygen atoms in total. The predicted molar refractivity (Wildman–Crippen MR) is 139 cm³/mol. The van der Waals surface area contributed by atoms with Gasteiger partial charge in [0, 0.05) is 11.3 Å². The summed E-state index contributed by atoms with van der Waals surface area (Å²) in [6, 6.07) is 29.5. The van der Waals surface area contributed by atoms with Crippen LogP contribution in [0.4, 0.5) is 0 Å². The first-order valence-corrected chi connectivity index (χ1v) is 12.3. The Bertz CT molecular complexity index is 1240. The highest BCUT2D eigenvalue weighted by molar-refractivity contribution is 7.17. The molecule has 0 saturated heterocycles. The molecule has 0 aliphatic carbocycles. The lowest BCUT2D eigenvalue weighted by Gasteiger charge is -2.09. The van der Waals surface area contributed by atoms with E-state index in [0.717, 1.165) is 27.5 Å². The molecule has 0 bridgehead atoms. The van der Waals surface area contributed by atoms with Crippen LogP contribution in [0.5, 0.6) is 5.75 Å². The maximum Gasteiger partial charge on any atom is 0.173 e. The molecule has 1 aromatic heterocycles. The van der Waals surface area contributed by atoms with Gasteiger partial charge in [0.25, 0.3) is 0 Å². The smallest absolute Gasteiger partial charge is 0.173 e. The van der Waals surface area contributed by atoms with Gasteiger partial charge in [-0.05, 0) is 70.8 Å². The van der Waals surface area contributed by atoms with Gasteiger partial charge in [0.2, 0.25) is 0 Å². The molecule has 0 N–H and O–H groups in total. The maximum atomic E-state index is 12.8. The fourth-order valence-electron chi connectivity index (χ4n) is 3.98. The van der Waals surface area contributed by atoms with Crippen LogP contribution >= 0.6 is 11.3 Å². The predicted octanol–water partition coefficient (Wildman–Crippen LogP) is 7.95. The number of hydrogen-bond acceptors (Lipinski definition) is 3. The molecular formula is C30H30O2S. The zero-order chi connectivity index (χ0) is 23.2. The molecule has 3 heteroatoms. The first-order chi connectivity index (χ1) is 16.0. The summed E-state index contributed by atoms with van der Waals surface area (Å²) in [5.41, 5.74) is 6.28. The molecule has 0 saturated carbocycles. The van der Waals surface area contributed by atoms with E-state index in [4.69, 9.17) is 4.74 Å². The van der Waals surface area contributed by atoms with Crippen molar-refractivity contribution in [2.45, 2.75) is 39.0 Å². The number of thiophene rings is 1. The Hall–Kier alpha value is -3.17. The number of methoxy groups -OCH3 is 1. The molecule has 0 spiro atoms. The molecule has 4 aromatic rings. The van der Waals surface area contributed by atoms with E-state index < -0.39 is 0 Å². The number of ketones is 1. The SMILES string of the molecule is COc1cccc(CCC(=O)c2ccc(-c3cccc(Cc4cccc(C(C)C)c4)c3)s2)c1. The van der Waals surface area contributed by atoms with Gasteiger partial charge in [-0.1, -0.05) is 74.5 Å². The first-order valence-electron chi connectivity index (χ1n) is 11.5. The number of hydrogen-bond donors (Lipinski definition) is 0. The summed E-state index contributed by atoms with van der Waals surface area (Å²) >= 11 is 1.58. The second-order valence-electron chi connectivity index (χ2n) is 8.72. The van der Waals surface area contributed by atoms with Crippen LogP contribution in [-0.2, 0) is 12.8 Å². The second kappa shape index (κ2) is 10.6. The molecule has 0 radical (unpaired) electrons. The highest BCUT2D eigenvalue weighted by atomic mass is 32.1. The Morgan fingerprint density at radius 1 is 0.848 bits per heavy atom. The number of Topliss-reactive ketones (excluding diaryl/α,β-unsaturated/α-hetero) is 1. The van der Waals surface area contributed by atoms with Gasteiger partial charge in [-0.3, -0.25) is 4.79 Å². The molecule has 0 aliphatic heterocycles. The van der Waals surface area contributed by atoms with Crippen molar-refractivity contribution in [1.82, 2.24) is 0 Å². The molecule has 0 aliphatic rings. The Labute approximate surface area is 200 Å². The number of rotatable bonds is 9. The topological polar surface area (TPSA) is 26.3 Å². The molecule has 0 unspecified atom stereocenters. The van der Waals surface area contributed by atoms with Gasteiger partial charge in [0.15, 0.2) is 5.78 Å². The summed E-state index contributed by atoms with van der Waals surface area (Å²) in [4.78, 5) is 14.8. The zero-order valence-corrected chi connectivity index (χ0v) is 20.3. The molecule has 0 amide bonds. The van der Waals surface area contributed by atoms with E-state index in [0.29, 0.717) is 18.8 Å². The summed E-state index contributed by atoms with van der Waals surface area (Å²) in [5.74, 6) is 1.55. The molecular weight excluding hydrogens is 424 g/mol. The Balaban J connectivity index is 1.43. The van der Waals surface area contributed by atoms with Gasteiger partial charge in [0.05, 0.1) is 12.0 Å². The van der Waals surface area contributed by atoms with Crippen molar-refractivity contribution < 1.29 is 9.53 Å². The van der Waals surface area contributed by atoms with Gasteiger partial charge < -0.3 is 4.74 Å². The van der Waals surface area contributed by atoms with Gasteiger partial charge in [0.1, 0.15) is 5.75 Å². The highest BCUT2D eigenvalue weighted by Gasteiger charge is 2.12. The number of benzene rings is 3. The fraction of sp³-hybridized carbons (Fsp3) is 0.233. The van der Waals surface area contributed by atoms with E-state index in [1.807, 2.05) is 30.3 Å². The Kier molecular flexibility index (Phi) is 7.41. The lowest BCUT2D eigenvalue weighted by molar-refractivity contribution is 0.0986. The van der Waals surface area contributed by atoms with Crippen molar-refractivity contribution >= 4 is 17.1 Å². The number of aryl methyl sites for hydroxylation is 1. The average Bonchev–Trinajstić information content (AvgIpc) is 3.34. The van der Waals surface area contributed by atoms with E-state index in [-0.39, 0.29) is 5.78 Å². The standard InChI is InChI=1S/C30H30O2S/c1-21(2)25-10-4-8-23(18-25)17-24-9-5-11-26(19-24)29-15-16-30(33-29)28(31)14-13-22-7-6-12-27(20-22)32-3/h4-12,15-16,18-21H,13-14,17H2,1-3H3. The van der Waals surface area contributed by atoms with Gasteiger partial charge in [-0.25, -0.2) is 0 Å². The van der Waals surface area contributed by atoms with Crippen LogP contribution in [0, 0.1) is 0 Å². The number of carbonyl (C=O) groups is 1. The minimum absolute atomic E-state index is 0.190. The van der Waals surface area contributed by atoms with Crippen LogP contribution in [0.3, 0.4) is 0 Å².